The lowest BCUT2D eigenvalue weighted by molar-refractivity contribution is -0.121. The van der Waals surface area contributed by atoms with Gasteiger partial charge >= 0.3 is 6.16 Å². The fourth-order valence-electron chi connectivity index (χ4n) is 2.45. The molecule has 164 valence electrons. The standard InChI is InChI=1S/C18H24Cl2FNO6S/c1-4-12(5-2)27-18(24)28-15(14(10-21)22-17(23)16(19)20)11-6-8-13(9-7-11)29(3,25)26/h6-9,12,14-16H,4-5,10H2,1-3H3,(H,22,23)/t14-,15-/m1/s1. The van der Waals surface area contributed by atoms with E-state index in [0.29, 0.717) is 12.8 Å². The van der Waals surface area contributed by atoms with E-state index in [1.165, 1.54) is 24.3 Å². The molecule has 1 N–H and O–H groups in total. The van der Waals surface area contributed by atoms with Crippen LogP contribution in [0.4, 0.5) is 9.18 Å². The second-order valence-corrected chi connectivity index (χ2v) is 9.37. The number of hydrogen-bond acceptors (Lipinski definition) is 6. The Labute approximate surface area is 179 Å². The molecule has 2 atom stereocenters. The lowest BCUT2D eigenvalue weighted by atomic mass is 10.0. The van der Waals surface area contributed by atoms with Gasteiger partial charge in [0.1, 0.15) is 12.8 Å². The Kier molecular flexibility index (Phi) is 10.2. The van der Waals surface area contributed by atoms with Crippen LogP contribution in [0.3, 0.4) is 0 Å². The zero-order chi connectivity index (χ0) is 22.2. The number of benzene rings is 1. The predicted molar refractivity (Wildman–Crippen MR) is 108 cm³/mol. The van der Waals surface area contributed by atoms with Gasteiger partial charge in [-0.3, -0.25) is 4.79 Å². The van der Waals surface area contributed by atoms with E-state index in [4.69, 9.17) is 32.7 Å². The third kappa shape index (κ3) is 7.98. The van der Waals surface area contributed by atoms with Crippen LogP contribution in [0, 0.1) is 0 Å². The Bertz CT molecular complexity index is 784. The van der Waals surface area contributed by atoms with Crippen LogP contribution in [-0.4, -0.2) is 50.4 Å². The zero-order valence-corrected chi connectivity index (χ0v) is 18.6. The van der Waals surface area contributed by atoms with Gasteiger partial charge in [-0.1, -0.05) is 49.2 Å². The fourth-order valence-corrected chi connectivity index (χ4v) is 3.21. The van der Waals surface area contributed by atoms with Crippen LogP contribution in [-0.2, 0) is 24.1 Å². The predicted octanol–water partition coefficient (Wildman–Crippen LogP) is 3.73. The molecule has 0 aliphatic heterocycles. The zero-order valence-electron chi connectivity index (χ0n) is 16.2. The van der Waals surface area contributed by atoms with E-state index in [-0.39, 0.29) is 16.6 Å². The van der Waals surface area contributed by atoms with E-state index >= 15 is 0 Å². The van der Waals surface area contributed by atoms with Gasteiger partial charge in [-0.15, -0.1) is 0 Å². The van der Waals surface area contributed by atoms with Crippen LogP contribution in [0.15, 0.2) is 29.2 Å². The molecule has 1 aromatic carbocycles. The normalized spacial score (nSPS) is 13.8. The molecule has 11 heteroatoms. The molecule has 0 radical (unpaired) electrons. The highest BCUT2D eigenvalue weighted by molar-refractivity contribution is 7.90. The van der Waals surface area contributed by atoms with Crippen molar-refractivity contribution in [3.63, 3.8) is 0 Å². The smallest absolute Gasteiger partial charge is 0.431 e. The molecule has 0 aliphatic carbocycles. The number of amides is 1. The largest absolute Gasteiger partial charge is 0.509 e. The van der Waals surface area contributed by atoms with E-state index in [1.54, 1.807) is 0 Å². The molecule has 0 fully saturated rings. The topological polar surface area (TPSA) is 98.8 Å². The first-order valence-electron chi connectivity index (χ1n) is 8.85. The van der Waals surface area contributed by atoms with Crippen molar-refractivity contribution >= 4 is 45.1 Å². The van der Waals surface area contributed by atoms with Gasteiger partial charge in [-0.2, -0.15) is 0 Å². The molecule has 0 heterocycles. The lowest BCUT2D eigenvalue weighted by Crippen LogP contribution is -2.44. The van der Waals surface area contributed by atoms with E-state index in [9.17, 15) is 22.4 Å². The fraction of sp³-hybridized carbons (Fsp3) is 0.556. The van der Waals surface area contributed by atoms with Crippen molar-refractivity contribution in [3.05, 3.63) is 29.8 Å². The van der Waals surface area contributed by atoms with Crippen molar-refractivity contribution in [2.45, 2.75) is 54.7 Å². The molecule has 1 rings (SSSR count). The van der Waals surface area contributed by atoms with Crippen molar-refractivity contribution in [2.24, 2.45) is 0 Å². The molecule has 0 bridgehead atoms. The summed E-state index contributed by atoms with van der Waals surface area (Å²) in [5.74, 6) is -0.870. The van der Waals surface area contributed by atoms with Crippen LogP contribution in [0.5, 0.6) is 0 Å². The molecule has 0 aliphatic rings. The Morgan fingerprint density at radius 3 is 2.07 bits per heavy atom. The first-order chi connectivity index (χ1) is 13.5. The van der Waals surface area contributed by atoms with Crippen molar-refractivity contribution < 1.29 is 31.9 Å². The van der Waals surface area contributed by atoms with Gasteiger partial charge in [-0.05, 0) is 30.5 Å². The first-order valence-corrected chi connectivity index (χ1v) is 11.6. The summed E-state index contributed by atoms with van der Waals surface area (Å²) < 4.78 is 47.4. The summed E-state index contributed by atoms with van der Waals surface area (Å²) in [5, 5.41) is 2.27. The first kappa shape index (κ1) is 25.5. The Morgan fingerprint density at radius 1 is 1.10 bits per heavy atom. The monoisotopic (exact) mass is 471 g/mol. The summed E-state index contributed by atoms with van der Waals surface area (Å²) in [5.41, 5.74) is 0.252. The highest BCUT2D eigenvalue weighted by Crippen LogP contribution is 2.25. The third-order valence-electron chi connectivity index (χ3n) is 4.09. The molecular formula is C18H24Cl2FNO6S. The van der Waals surface area contributed by atoms with Crippen molar-refractivity contribution in [1.82, 2.24) is 5.32 Å². The number of nitrogens with one attached hydrogen (secondary N) is 1. The van der Waals surface area contributed by atoms with Crippen molar-refractivity contribution in [2.75, 3.05) is 12.9 Å². The number of halogens is 3. The molecule has 1 aromatic rings. The SMILES string of the molecule is CCC(CC)OC(=O)O[C@H](c1ccc(S(C)(=O)=O)cc1)[C@@H](CF)NC(=O)C(Cl)Cl. The summed E-state index contributed by atoms with van der Waals surface area (Å²) in [7, 11) is -3.46. The molecule has 0 unspecified atom stereocenters. The summed E-state index contributed by atoms with van der Waals surface area (Å²) in [4.78, 5) is 22.6. The molecule has 0 spiro atoms. The number of alkyl halides is 3. The minimum absolute atomic E-state index is 0.0296. The Morgan fingerprint density at radius 2 is 1.66 bits per heavy atom. The van der Waals surface area contributed by atoms with Crippen LogP contribution >= 0.6 is 23.2 Å². The summed E-state index contributed by atoms with van der Waals surface area (Å²) in [6.07, 6.45) is -0.576. The average Bonchev–Trinajstić information content (AvgIpc) is 2.67. The van der Waals surface area contributed by atoms with Crippen LogP contribution in [0.1, 0.15) is 38.4 Å². The maximum absolute atomic E-state index is 13.7. The van der Waals surface area contributed by atoms with Crippen LogP contribution in [0.2, 0.25) is 0 Å². The number of ether oxygens (including phenoxy) is 2. The number of sulfone groups is 1. The summed E-state index contributed by atoms with van der Waals surface area (Å²) in [6, 6.07) is 3.98. The van der Waals surface area contributed by atoms with Gasteiger partial charge in [0, 0.05) is 6.26 Å². The van der Waals surface area contributed by atoms with Crippen LogP contribution < -0.4 is 5.32 Å². The average molecular weight is 472 g/mol. The Balaban J connectivity index is 3.18. The van der Waals surface area contributed by atoms with Gasteiger partial charge in [0.15, 0.2) is 20.8 Å². The van der Waals surface area contributed by atoms with E-state index in [0.717, 1.165) is 6.26 Å². The van der Waals surface area contributed by atoms with Gasteiger partial charge in [0.05, 0.1) is 10.9 Å². The van der Waals surface area contributed by atoms with Crippen LogP contribution in [0.25, 0.3) is 0 Å². The van der Waals surface area contributed by atoms with E-state index in [1.807, 2.05) is 13.8 Å². The minimum atomic E-state index is -3.46. The molecule has 7 nitrogen and oxygen atoms in total. The second kappa shape index (κ2) is 11.6. The molecule has 1 amide bonds. The Hall–Kier alpha value is -1.58. The van der Waals surface area contributed by atoms with E-state index in [2.05, 4.69) is 5.32 Å². The van der Waals surface area contributed by atoms with Gasteiger partial charge < -0.3 is 14.8 Å². The van der Waals surface area contributed by atoms with Gasteiger partial charge in [0.2, 0.25) is 0 Å². The summed E-state index contributed by atoms with van der Waals surface area (Å²) >= 11 is 11.0. The van der Waals surface area contributed by atoms with Gasteiger partial charge in [0.25, 0.3) is 5.91 Å². The molecule has 0 saturated carbocycles. The summed E-state index contributed by atoms with van der Waals surface area (Å²) in [6.45, 7) is 2.55. The molecule has 29 heavy (non-hydrogen) atoms. The second-order valence-electron chi connectivity index (χ2n) is 6.26. The third-order valence-corrected chi connectivity index (χ3v) is 5.62. The number of carbonyl (C=O) groups is 2. The molecule has 0 aromatic heterocycles. The number of carbonyl (C=O) groups excluding carboxylic acids is 2. The highest BCUT2D eigenvalue weighted by Gasteiger charge is 2.31. The van der Waals surface area contributed by atoms with Gasteiger partial charge in [-0.25, -0.2) is 17.6 Å². The quantitative estimate of drug-likeness (QED) is 0.412. The number of hydrogen-bond donors (Lipinski definition) is 1. The van der Waals surface area contributed by atoms with Crippen molar-refractivity contribution in [3.8, 4) is 0 Å². The van der Waals surface area contributed by atoms with Crippen molar-refractivity contribution in [1.29, 1.82) is 0 Å². The lowest BCUT2D eigenvalue weighted by Gasteiger charge is -2.27. The maximum atomic E-state index is 13.7. The molecular weight excluding hydrogens is 448 g/mol. The molecule has 0 saturated heterocycles. The van der Waals surface area contributed by atoms with E-state index < -0.39 is 45.6 Å². The number of rotatable bonds is 10. The minimum Gasteiger partial charge on any atom is -0.431 e. The highest BCUT2D eigenvalue weighted by atomic mass is 35.5. The maximum Gasteiger partial charge on any atom is 0.509 e.